The van der Waals surface area contributed by atoms with Gasteiger partial charge in [0.15, 0.2) is 0 Å². The van der Waals surface area contributed by atoms with Gasteiger partial charge in [0.05, 0.1) is 42.9 Å². The van der Waals surface area contributed by atoms with Crippen LogP contribution in [0.25, 0.3) is 33.9 Å². The molecule has 0 saturated carbocycles. The van der Waals surface area contributed by atoms with Crippen LogP contribution in [0.5, 0.6) is 0 Å². The van der Waals surface area contributed by atoms with Gasteiger partial charge in [0, 0.05) is 43.4 Å². The zero-order chi connectivity index (χ0) is 39.5. The van der Waals surface area contributed by atoms with Gasteiger partial charge in [0.1, 0.15) is 29.1 Å². The van der Waals surface area contributed by atoms with Crippen LogP contribution in [0.2, 0.25) is 30.1 Å². The average Bonchev–Trinajstić information content (AvgIpc) is 3.77. The molecule has 8 rings (SSSR count). The Morgan fingerprint density at radius 2 is 0.875 bits per heavy atom. The Balaban J connectivity index is 1.63. The second-order valence-corrected chi connectivity index (χ2v) is 15.0. The molecule has 14 heteroatoms. The first-order valence-corrected chi connectivity index (χ1v) is 18.8. The van der Waals surface area contributed by atoms with E-state index in [4.69, 9.17) is 84.6 Å². The van der Waals surface area contributed by atoms with Crippen LogP contribution in [0.3, 0.4) is 0 Å². The summed E-state index contributed by atoms with van der Waals surface area (Å²) in [6.07, 6.45) is 0. The number of aromatic nitrogens is 2. The molecule has 4 nitrogen and oxygen atoms in total. The van der Waals surface area contributed by atoms with Crippen LogP contribution in [-0.4, -0.2) is 21.0 Å². The first-order valence-electron chi connectivity index (χ1n) is 16.5. The predicted molar refractivity (Wildman–Crippen MR) is 218 cm³/mol. The van der Waals surface area contributed by atoms with Crippen molar-refractivity contribution in [1.82, 2.24) is 9.55 Å². The lowest BCUT2D eigenvalue weighted by Crippen LogP contribution is -2.32. The molecule has 1 aliphatic rings. The van der Waals surface area contributed by atoms with E-state index >= 15 is 0 Å². The van der Waals surface area contributed by atoms with Gasteiger partial charge in [-0.2, -0.15) is 0 Å². The third-order valence-corrected chi connectivity index (χ3v) is 11.0. The lowest BCUT2D eigenvalue weighted by molar-refractivity contribution is 0.409. The Morgan fingerprint density at radius 1 is 0.464 bits per heavy atom. The molecule has 1 aromatic heterocycles. The molecule has 0 unspecified atom stereocenters. The van der Waals surface area contributed by atoms with Gasteiger partial charge in [-0.15, -0.1) is 0 Å². The first kappa shape index (κ1) is 38.2. The minimum atomic E-state index is -2.07. The molecule has 0 atom stereocenters. The van der Waals surface area contributed by atoms with E-state index in [1.54, 1.807) is 10.6 Å². The highest BCUT2D eigenvalue weighted by atomic mass is 35.5. The summed E-state index contributed by atoms with van der Waals surface area (Å²) in [5, 5.41) is 0.533. The summed E-state index contributed by atoms with van der Waals surface area (Å²) in [7, 11) is 0. The fraction of sp³-hybridized carbons (Fsp3) is 0.0238. The Hall–Kier alpha value is -4.67. The Kier molecular flexibility index (Phi) is 10.2. The molecular formula is C42H20Cl6F4N4. The lowest BCUT2D eigenvalue weighted by atomic mass is 10.00. The molecular weight excluding hydrogens is 849 g/mol. The minimum Gasteiger partial charge on any atom is -0.275 e. The number of halogens is 10. The summed E-state index contributed by atoms with van der Waals surface area (Å²) in [4.78, 5) is 15.8. The van der Waals surface area contributed by atoms with E-state index in [1.165, 1.54) is 115 Å². The number of imidazole rings is 1. The van der Waals surface area contributed by atoms with Crippen LogP contribution in [0.4, 0.5) is 17.6 Å². The summed E-state index contributed by atoms with van der Waals surface area (Å²) in [5.41, 5.74) is 3.04. The van der Waals surface area contributed by atoms with Gasteiger partial charge in [0.2, 0.25) is 0 Å². The first-order chi connectivity index (χ1) is 26.8. The van der Waals surface area contributed by atoms with Gasteiger partial charge in [-0.05, 0) is 121 Å². The monoisotopic (exact) mass is 866 g/mol. The van der Waals surface area contributed by atoms with Crippen LogP contribution in [0, 0.1) is 23.3 Å². The molecule has 0 aliphatic carbocycles. The fourth-order valence-corrected chi connectivity index (χ4v) is 7.92. The Labute approximate surface area is 347 Å². The smallest absolute Gasteiger partial charge is 0.263 e. The van der Waals surface area contributed by atoms with Gasteiger partial charge >= 0.3 is 0 Å². The van der Waals surface area contributed by atoms with Crippen LogP contribution in [-0.2, 0) is 5.79 Å². The predicted octanol–water partition coefficient (Wildman–Crippen LogP) is 14.0. The number of nitrogens with zero attached hydrogens (tertiary/aromatic N) is 4. The molecule has 0 amide bonds. The number of benzene rings is 6. The Morgan fingerprint density at radius 3 is 1.36 bits per heavy atom. The summed E-state index contributed by atoms with van der Waals surface area (Å²) < 4.78 is 59.5. The van der Waals surface area contributed by atoms with Gasteiger partial charge in [-0.3, -0.25) is 4.57 Å². The van der Waals surface area contributed by atoms with Crippen LogP contribution in [0.1, 0.15) is 16.7 Å². The molecule has 0 bridgehead atoms. The highest BCUT2D eigenvalue weighted by molar-refractivity contribution is 6.54. The van der Waals surface area contributed by atoms with E-state index in [0.29, 0.717) is 22.3 Å². The van der Waals surface area contributed by atoms with Crippen molar-refractivity contribution in [3.05, 3.63) is 191 Å². The van der Waals surface area contributed by atoms with Crippen molar-refractivity contribution < 1.29 is 17.6 Å². The number of rotatable bonds is 7. The molecule has 0 N–H and O–H groups in total. The normalized spacial score (nSPS) is 13.5. The van der Waals surface area contributed by atoms with Crippen molar-refractivity contribution in [1.29, 1.82) is 0 Å². The molecule has 6 aromatic carbocycles. The lowest BCUT2D eigenvalue weighted by Gasteiger charge is -2.31. The molecule has 2 heterocycles. The summed E-state index contributed by atoms with van der Waals surface area (Å²) in [6.45, 7) is 0. The van der Waals surface area contributed by atoms with Gasteiger partial charge in [0.25, 0.3) is 5.79 Å². The van der Waals surface area contributed by atoms with Crippen molar-refractivity contribution in [2.24, 2.45) is 9.98 Å². The third-order valence-electron chi connectivity index (χ3n) is 9.01. The van der Waals surface area contributed by atoms with E-state index in [-0.39, 0.29) is 69.9 Å². The van der Waals surface area contributed by atoms with E-state index in [1.807, 2.05) is 0 Å². The molecule has 0 radical (unpaired) electrons. The highest BCUT2D eigenvalue weighted by Gasteiger charge is 2.47. The second kappa shape index (κ2) is 15.0. The number of hydrogen-bond acceptors (Lipinski definition) is 3. The van der Waals surface area contributed by atoms with E-state index in [2.05, 4.69) is 0 Å². The van der Waals surface area contributed by atoms with Crippen molar-refractivity contribution >= 4 is 81.0 Å². The molecule has 0 fully saturated rings. The summed E-state index contributed by atoms with van der Waals surface area (Å²) >= 11 is 40.8. The fourth-order valence-electron chi connectivity index (χ4n) is 6.51. The van der Waals surface area contributed by atoms with Crippen LogP contribution in [0.15, 0.2) is 131 Å². The molecule has 56 heavy (non-hydrogen) atoms. The van der Waals surface area contributed by atoms with Crippen LogP contribution < -0.4 is 0 Å². The largest absolute Gasteiger partial charge is 0.275 e. The topological polar surface area (TPSA) is 42.5 Å². The maximum Gasteiger partial charge on any atom is 0.263 e. The Bertz CT molecular complexity index is 2670. The molecule has 0 saturated heterocycles. The SMILES string of the molecule is Fc1ccc(C2=NC(c3cc(Cl)cc(Cl)c3Cl)(n3c(-c4cc(Cl)cc(Cl)c4Cl)nc(-c4ccc(F)cc4)c3-c3ccc(F)cc3)N=C2c2ccc(F)cc2)cc1. The number of aliphatic imine (C=N–C) groups is 2. The van der Waals surface area contributed by atoms with E-state index < -0.39 is 29.1 Å². The average molecular weight is 869 g/mol. The quantitative estimate of drug-likeness (QED) is 0.116. The summed E-state index contributed by atoms with van der Waals surface area (Å²) in [6, 6.07) is 28.2. The molecule has 1 aliphatic heterocycles. The van der Waals surface area contributed by atoms with Crippen molar-refractivity contribution in [2.45, 2.75) is 5.79 Å². The molecule has 0 spiro atoms. The molecule has 278 valence electrons. The highest BCUT2D eigenvalue weighted by Crippen LogP contribution is 2.51. The number of hydrogen-bond donors (Lipinski definition) is 0. The van der Waals surface area contributed by atoms with E-state index in [0.717, 1.165) is 0 Å². The maximum atomic E-state index is 14.6. The second-order valence-electron chi connectivity index (χ2n) is 12.6. The van der Waals surface area contributed by atoms with Gasteiger partial charge in [-0.1, -0.05) is 69.6 Å². The minimum absolute atomic E-state index is 0.00867. The zero-order valence-electron chi connectivity index (χ0n) is 28.1. The van der Waals surface area contributed by atoms with Gasteiger partial charge in [-0.25, -0.2) is 32.5 Å². The van der Waals surface area contributed by atoms with Crippen molar-refractivity contribution in [3.8, 4) is 33.9 Å². The molecule has 7 aromatic rings. The maximum absolute atomic E-state index is 14.6. The van der Waals surface area contributed by atoms with Crippen LogP contribution >= 0.6 is 69.6 Å². The van der Waals surface area contributed by atoms with Gasteiger partial charge < -0.3 is 0 Å². The van der Waals surface area contributed by atoms with Crippen molar-refractivity contribution in [2.75, 3.05) is 0 Å². The van der Waals surface area contributed by atoms with E-state index in [9.17, 15) is 17.6 Å². The standard InChI is InChI=1S/C42H20Cl6F4N4/c43-25-17-31(35(47)33(45)19-25)41-53-39(23-5-13-29(51)14-6-23)40(24-7-15-30(52)16-8-24)56(41)42(32-18-26(44)20-34(46)36(32)48)54-37(21-1-9-27(49)10-2-21)38(55-42)22-3-11-28(50)12-4-22/h1-20H. The third kappa shape index (κ3) is 6.89. The zero-order valence-corrected chi connectivity index (χ0v) is 32.7. The summed E-state index contributed by atoms with van der Waals surface area (Å²) in [5.74, 6) is -4.03. The van der Waals surface area contributed by atoms with Crippen molar-refractivity contribution in [3.63, 3.8) is 0 Å².